The number of benzene rings is 1. The maximum absolute atomic E-state index is 11.8. The second-order valence-electron chi connectivity index (χ2n) is 3.87. The second kappa shape index (κ2) is 4.78. The first-order valence-corrected chi connectivity index (χ1v) is 5.38. The van der Waals surface area contributed by atoms with E-state index in [4.69, 9.17) is 0 Å². The van der Waals surface area contributed by atoms with Gasteiger partial charge in [-0.15, -0.1) is 0 Å². The van der Waals surface area contributed by atoms with Crippen LogP contribution in [0, 0.1) is 13.8 Å². The fourth-order valence-corrected chi connectivity index (χ4v) is 1.57. The minimum Gasteiger partial charge on any atom is -0.346 e. The van der Waals surface area contributed by atoms with Gasteiger partial charge in [-0.25, -0.2) is 0 Å². The molecule has 1 amide bonds. The highest BCUT2D eigenvalue weighted by Gasteiger charge is 2.12. The molecule has 88 valence electrons. The Bertz CT molecular complexity index is 533. The topological polar surface area (TPSA) is 70.7 Å². The van der Waals surface area contributed by atoms with Gasteiger partial charge in [0.05, 0.1) is 5.69 Å². The number of H-pyrrole nitrogens is 1. The van der Waals surface area contributed by atoms with Crippen LogP contribution in [0.5, 0.6) is 0 Å². The SMILES string of the molecule is Cc1ccccc1CNC(=O)c1n[nH]nc1C. The third-order valence-corrected chi connectivity index (χ3v) is 2.64. The number of carbonyl (C=O) groups excluding carboxylic acids is 1. The fourth-order valence-electron chi connectivity index (χ4n) is 1.57. The number of aromatic nitrogens is 3. The van der Waals surface area contributed by atoms with Crippen molar-refractivity contribution in [3.8, 4) is 0 Å². The molecule has 0 unspecified atom stereocenters. The van der Waals surface area contributed by atoms with E-state index in [1.54, 1.807) is 6.92 Å². The quantitative estimate of drug-likeness (QED) is 0.836. The molecule has 0 aliphatic heterocycles. The van der Waals surface area contributed by atoms with E-state index in [1.165, 1.54) is 0 Å². The van der Waals surface area contributed by atoms with E-state index >= 15 is 0 Å². The number of hydrogen-bond acceptors (Lipinski definition) is 3. The van der Waals surface area contributed by atoms with E-state index in [2.05, 4.69) is 20.7 Å². The van der Waals surface area contributed by atoms with Crippen molar-refractivity contribution in [2.45, 2.75) is 20.4 Å². The van der Waals surface area contributed by atoms with Gasteiger partial charge >= 0.3 is 0 Å². The largest absolute Gasteiger partial charge is 0.346 e. The normalized spacial score (nSPS) is 10.2. The molecule has 0 radical (unpaired) electrons. The zero-order valence-electron chi connectivity index (χ0n) is 9.82. The molecule has 5 heteroatoms. The molecule has 0 aliphatic carbocycles. The van der Waals surface area contributed by atoms with Crippen molar-refractivity contribution in [1.29, 1.82) is 0 Å². The van der Waals surface area contributed by atoms with E-state index in [-0.39, 0.29) is 5.91 Å². The number of aryl methyl sites for hydroxylation is 2. The van der Waals surface area contributed by atoms with Crippen LogP contribution in [-0.4, -0.2) is 21.3 Å². The highest BCUT2D eigenvalue weighted by atomic mass is 16.2. The Kier molecular flexibility index (Phi) is 3.18. The molecule has 0 spiro atoms. The van der Waals surface area contributed by atoms with Crippen molar-refractivity contribution in [3.63, 3.8) is 0 Å². The first-order chi connectivity index (χ1) is 8.18. The van der Waals surface area contributed by atoms with Gasteiger partial charge in [-0.05, 0) is 25.0 Å². The van der Waals surface area contributed by atoms with Gasteiger partial charge in [0, 0.05) is 6.54 Å². The summed E-state index contributed by atoms with van der Waals surface area (Å²) in [6, 6.07) is 7.94. The molecule has 1 aromatic heterocycles. The summed E-state index contributed by atoms with van der Waals surface area (Å²) in [6.07, 6.45) is 0. The summed E-state index contributed by atoms with van der Waals surface area (Å²) < 4.78 is 0. The van der Waals surface area contributed by atoms with Crippen LogP contribution in [0.4, 0.5) is 0 Å². The lowest BCUT2D eigenvalue weighted by molar-refractivity contribution is 0.0945. The lowest BCUT2D eigenvalue weighted by Crippen LogP contribution is -2.24. The first kappa shape index (κ1) is 11.3. The highest BCUT2D eigenvalue weighted by Crippen LogP contribution is 2.07. The van der Waals surface area contributed by atoms with Crippen LogP contribution in [0.3, 0.4) is 0 Å². The third-order valence-electron chi connectivity index (χ3n) is 2.64. The van der Waals surface area contributed by atoms with Crippen molar-refractivity contribution < 1.29 is 4.79 Å². The maximum atomic E-state index is 11.8. The Morgan fingerprint density at radius 3 is 2.71 bits per heavy atom. The van der Waals surface area contributed by atoms with E-state index in [0.29, 0.717) is 17.9 Å². The third kappa shape index (κ3) is 2.50. The van der Waals surface area contributed by atoms with Gasteiger partial charge in [0.15, 0.2) is 5.69 Å². The fraction of sp³-hybridized carbons (Fsp3) is 0.250. The minimum absolute atomic E-state index is 0.209. The van der Waals surface area contributed by atoms with Crippen molar-refractivity contribution in [2.75, 3.05) is 0 Å². The summed E-state index contributed by atoms with van der Waals surface area (Å²) >= 11 is 0. The summed E-state index contributed by atoms with van der Waals surface area (Å²) in [7, 11) is 0. The number of amides is 1. The smallest absolute Gasteiger partial charge is 0.274 e. The van der Waals surface area contributed by atoms with Gasteiger partial charge in [-0.1, -0.05) is 24.3 Å². The predicted molar refractivity (Wildman–Crippen MR) is 63.5 cm³/mol. The number of nitrogens with one attached hydrogen (secondary N) is 2. The van der Waals surface area contributed by atoms with Crippen LogP contribution < -0.4 is 5.32 Å². The zero-order valence-corrected chi connectivity index (χ0v) is 9.82. The molecule has 0 atom stereocenters. The summed E-state index contributed by atoms with van der Waals surface area (Å²) in [4.78, 5) is 11.8. The zero-order chi connectivity index (χ0) is 12.3. The average Bonchev–Trinajstić information content (AvgIpc) is 2.74. The van der Waals surface area contributed by atoms with E-state index in [1.807, 2.05) is 31.2 Å². The van der Waals surface area contributed by atoms with Crippen LogP contribution in [0.25, 0.3) is 0 Å². The van der Waals surface area contributed by atoms with E-state index in [9.17, 15) is 4.79 Å². The van der Waals surface area contributed by atoms with Crippen molar-refractivity contribution in [3.05, 3.63) is 46.8 Å². The van der Waals surface area contributed by atoms with Gasteiger partial charge in [0.25, 0.3) is 5.91 Å². The van der Waals surface area contributed by atoms with Crippen LogP contribution in [-0.2, 0) is 6.54 Å². The summed E-state index contributed by atoms with van der Waals surface area (Å²) in [5.74, 6) is -0.209. The van der Waals surface area contributed by atoms with Gasteiger partial charge < -0.3 is 5.32 Å². The Morgan fingerprint density at radius 1 is 1.29 bits per heavy atom. The molecule has 2 aromatic rings. The molecule has 0 fully saturated rings. The molecule has 0 aliphatic rings. The van der Waals surface area contributed by atoms with Gasteiger partial charge in [-0.2, -0.15) is 15.4 Å². The Morgan fingerprint density at radius 2 is 2.06 bits per heavy atom. The molecule has 1 heterocycles. The number of nitrogens with zero attached hydrogens (tertiary/aromatic N) is 2. The van der Waals surface area contributed by atoms with Crippen molar-refractivity contribution >= 4 is 5.91 Å². The van der Waals surface area contributed by atoms with Gasteiger partial charge in [-0.3, -0.25) is 4.79 Å². The molecule has 2 rings (SSSR count). The van der Waals surface area contributed by atoms with Crippen molar-refractivity contribution in [2.24, 2.45) is 0 Å². The summed E-state index contributed by atoms with van der Waals surface area (Å²) in [5.41, 5.74) is 3.21. The number of rotatable bonds is 3. The Hall–Kier alpha value is -2.17. The highest BCUT2D eigenvalue weighted by molar-refractivity contribution is 5.93. The molecule has 0 saturated heterocycles. The standard InChI is InChI=1S/C12H14N4O/c1-8-5-3-4-6-10(8)7-13-12(17)11-9(2)14-16-15-11/h3-6H,7H2,1-2H3,(H,13,17)(H,14,15,16). The number of aromatic amines is 1. The van der Waals surface area contributed by atoms with Gasteiger partial charge in [0.1, 0.15) is 0 Å². The van der Waals surface area contributed by atoms with Crippen LogP contribution in [0.1, 0.15) is 27.3 Å². The maximum Gasteiger partial charge on any atom is 0.274 e. The lowest BCUT2D eigenvalue weighted by atomic mass is 10.1. The predicted octanol–water partition coefficient (Wildman–Crippen LogP) is 1.35. The molecule has 1 aromatic carbocycles. The summed E-state index contributed by atoms with van der Waals surface area (Å²) in [5, 5.41) is 12.9. The molecule has 0 saturated carbocycles. The second-order valence-corrected chi connectivity index (χ2v) is 3.87. The molecule has 17 heavy (non-hydrogen) atoms. The molecular weight excluding hydrogens is 216 g/mol. The Labute approximate surface area is 99.2 Å². The molecule has 5 nitrogen and oxygen atoms in total. The molecule has 0 bridgehead atoms. The minimum atomic E-state index is -0.209. The van der Waals surface area contributed by atoms with Crippen molar-refractivity contribution in [1.82, 2.24) is 20.7 Å². The number of hydrogen-bond donors (Lipinski definition) is 2. The van der Waals surface area contributed by atoms with Gasteiger partial charge in [0.2, 0.25) is 0 Å². The van der Waals surface area contributed by atoms with Crippen LogP contribution in [0.15, 0.2) is 24.3 Å². The van der Waals surface area contributed by atoms with Crippen LogP contribution >= 0.6 is 0 Å². The molecular formula is C12H14N4O. The first-order valence-electron chi connectivity index (χ1n) is 5.38. The number of carbonyl (C=O) groups is 1. The summed E-state index contributed by atoms with van der Waals surface area (Å²) in [6.45, 7) is 4.26. The van der Waals surface area contributed by atoms with Crippen LogP contribution in [0.2, 0.25) is 0 Å². The lowest BCUT2D eigenvalue weighted by Gasteiger charge is -2.06. The molecule has 2 N–H and O–H groups in total. The Balaban J connectivity index is 2.02. The van der Waals surface area contributed by atoms with E-state index in [0.717, 1.165) is 11.1 Å². The van der Waals surface area contributed by atoms with E-state index < -0.39 is 0 Å². The monoisotopic (exact) mass is 230 g/mol. The average molecular weight is 230 g/mol.